The molecule has 1 atom stereocenters. The van der Waals surface area contributed by atoms with Crippen molar-refractivity contribution >= 4 is 29.1 Å². The molecule has 22 heavy (non-hydrogen) atoms. The number of rotatable bonds is 2. The molecule has 2 aliphatic rings. The van der Waals surface area contributed by atoms with Crippen LogP contribution in [0.5, 0.6) is 0 Å². The second-order valence-corrected chi connectivity index (χ2v) is 7.20. The molecule has 6 heteroatoms. The van der Waals surface area contributed by atoms with E-state index in [9.17, 15) is 4.79 Å². The van der Waals surface area contributed by atoms with Gasteiger partial charge in [-0.25, -0.2) is 4.98 Å². The van der Waals surface area contributed by atoms with Gasteiger partial charge in [-0.3, -0.25) is 4.79 Å². The summed E-state index contributed by atoms with van der Waals surface area (Å²) >= 11 is 12.0. The first-order valence-electron chi connectivity index (χ1n) is 7.84. The molecule has 2 aliphatic heterocycles. The van der Waals surface area contributed by atoms with Crippen LogP contribution in [-0.4, -0.2) is 53.9 Å². The lowest BCUT2D eigenvalue weighted by atomic mass is 9.84. The molecule has 1 aromatic heterocycles. The number of hydrogen-bond donors (Lipinski definition) is 0. The normalized spacial score (nSPS) is 24.0. The van der Waals surface area contributed by atoms with Crippen molar-refractivity contribution in [1.82, 2.24) is 14.8 Å². The molecule has 3 rings (SSSR count). The third-order valence-corrected chi connectivity index (χ3v) is 5.47. The fraction of sp³-hybridized carbons (Fsp3) is 0.625. The minimum Gasteiger partial charge on any atom is -0.337 e. The number of hydrogen-bond acceptors (Lipinski definition) is 3. The van der Waals surface area contributed by atoms with Crippen molar-refractivity contribution < 1.29 is 4.79 Å². The molecule has 2 fully saturated rings. The molecule has 1 amide bonds. The van der Waals surface area contributed by atoms with Gasteiger partial charge in [-0.1, -0.05) is 23.2 Å². The van der Waals surface area contributed by atoms with Crippen LogP contribution in [0.2, 0.25) is 10.2 Å². The number of nitrogens with zero attached hydrogens (tertiary/aromatic N) is 3. The molecule has 0 aromatic carbocycles. The van der Waals surface area contributed by atoms with Gasteiger partial charge in [0, 0.05) is 13.1 Å². The molecule has 1 unspecified atom stereocenters. The van der Waals surface area contributed by atoms with Gasteiger partial charge in [0.2, 0.25) is 0 Å². The summed E-state index contributed by atoms with van der Waals surface area (Å²) < 4.78 is 0. The molecule has 120 valence electrons. The van der Waals surface area contributed by atoms with E-state index in [2.05, 4.69) is 16.9 Å². The summed E-state index contributed by atoms with van der Waals surface area (Å²) in [7, 11) is 2.17. The molecule has 0 spiro atoms. The maximum atomic E-state index is 12.6. The zero-order chi connectivity index (χ0) is 15.7. The first-order valence-corrected chi connectivity index (χ1v) is 8.60. The van der Waals surface area contributed by atoms with E-state index in [-0.39, 0.29) is 11.6 Å². The molecular formula is C16H21Cl2N3O. The fourth-order valence-electron chi connectivity index (χ4n) is 3.57. The van der Waals surface area contributed by atoms with E-state index in [1.807, 2.05) is 4.90 Å². The summed E-state index contributed by atoms with van der Waals surface area (Å²) in [6.07, 6.45) is 3.55. The number of carbonyl (C=O) groups is 1. The van der Waals surface area contributed by atoms with Crippen LogP contribution >= 0.6 is 23.2 Å². The molecule has 2 saturated heterocycles. The van der Waals surface area contributed by atoms with Gasteiger partial charge in [0.15, 0.2) is 0 Å². The highest BCUT2D eigenvalue weighted by molar-refractivity contribution is 6.34. The Morgan fingerprint density at radius 1 is 1.14 bits per heavy atom. The van der Waals surface area contributed by atoms with E-state index in [0.717, 1.165) is 38.5 Å². The van der Waals surface area contributed by atoms with E-state index in [4.69, 9.17) is 23.2 Å². The van der Waals surface area contributed by atoms with Crippen molar-refractivity contribution in [2.45, 2.75) is 19.3 Å². The highest BCUT2D eigenvalue weighted by Crippen LogP contribution is 2.32. The van der Waals surface area contributed by atoms with Crippen LogP contribution in [0.1, 0.15) is 29.8 Å². The standard InChI is InChI=1S/C16H21Cl2N3O/c1-20-7-4-11(5-8-20)12-6-9-21(10-12)16(22)15-13(17)2-3-14(18)19-15/h2-3,11-12H,4-10H2,1H3. The van der Waals surface area contributed by atoms with Gasteiger partial charge in [-0.2, -0.15) is 0 Å². The zero-order valence-electron chi connectivity index (χ0n) is 12.8. The number of carbonyl (C=O) groups excluding carboxylic acids is 1. The van der Waals surface area contributed by atoms with Crippen molar-refractivity contribution in [3.05, 3.63) is 28.0 Å². The monoisotopic (exact) mass is 341 g/mol. The number of aromatic nitrogens is 1. The van der Waals surface area contributed by atoms with Crippen molar-refractivity contribution in [3.63, 3.8) is 0 Å². The average Bonchev–Trinajstić information content (AvgIpc) is 2.99. The Bertz CT molecular complexity index is 558. The minimum absolute atomic E-state index is 0.0945. The number of piperidine rings is 1. The Morgan fingerprint density at radius 3 is 2.55 bits per heavy atom. The van der Waals surface area contributed by atoms with E-state index in [1.165, 1.54) is 12.8 Å². The number of halogens is 2. The van der Waals surface area contributed by atoms with Crippen molar-refractivity contribution in [2.75, 3.05) is 33.2 Å². The maximum absolute atomic E-state index is 12.6. The fourth-order valence-corrected chi connectivity index (χ4v) is 3.91. The van der Waals surface area contributed by atoms with E-state index in [0.29, 0.717) is 16.1 Å². The van der Waals surface area contributed by atoms with E-state index in [1.54, 1.807) is 12.1 Å². The smallest absolute Gasteiger partial charge is 0.274 e. The van der Waals surface area contributed by atoms with Gasteiger partial charge in [0.25, 0.3) is 5.91 Å². The van der Waals surface area contributed by atoms with Crippen LogP contribution in [0.15, 0.2) is 12.1 Å². The van der Waals surface area contributed by atoms with E-state index < -0.39 is 0 Å². The Kier molecular flexibility index (Phi) is 4.91. The number of likely N-dealkylation sites (tertiary alicyclic amines) is 2. The molecule has 0 bridgehead atoms. The summed E-state index contributed by atoms with van der Waals surface area (Å²) in [5.74, 6) is 1.25. The minimum atomic E-state index is -0.0945. The Labute approximate surface area is 141 Å². The lowest BCUT2D eigenvalue weighted by molar-refractivity contribution is 0.0770. The quantitative estimate of drug-likeness (QED) is 0.775. The third kappa shape index (κ3) is 3.39. The van der Waals surface area contributed by atoms with Gasteiger partial charge < -0.3 is 9.80 Å². The van der Waals surface area contributed by atoms with Gasteiger partial charge in [-0.15, -0.1) is 0 Å². The molecule has 0 N–H and O–H groups in total. The van der Waals surface area contributed by atoms with Crippen LogP contribution in [0.4, 0.5) is 0 Å². The summed E-state index contributed by atoms with van der Waals surface area (Å²) in [4.78, 5) is 21.0. The van der Waals surface area contributed by atoms with Crippen LogP contribution < -0.4 is 0 Å². The Morgan fingerprint density at radius 2 is 1.82 bits per heavy atom. The molecule has 0 saturated carbocycles. The van der Waals surface area contributed by atoms with Crippen LogP contribution in [-0.2, 0) is 0 Å². The zero-order valence-corrected chi connectivity index (χ0v) is 14.3. The summed E-state index contributed by atoms with van der Waals surface area (Å²) in [6, 6.07) is 3.24. The van der Waals surface area contributed by atoms with Crippen LogP contribution in [0, 0.1) is 11.8 Å². The highest BCUT2D eigenvalue weighted by atomic mass is 35.5. The van der Waals surface area contributed by atoms with Gasteiger partial charge >= 0.3 is 0 Å². The topological polar surface area (TPSA) is 36.4 Å². The second-order valence-electron chi connectivity index (χ2n) is 6.41. The van der Waals surface area contributed by atoms with Crippen LogP contribution in [0.25, 0.3) is 0 Å². The average molecular weight is 342 g/mol. The molecule has 1 aromatic rings. The highest BCUT2D eigenvalue weighted by Gasteiger charge is 2.34. The molecular weight excluding hydrogens is 321 g/mol. The predicted molar refractivity (Wildman–Crippen MR) is 88.5 cm³/mol. The van der Waals surface area contributed by atoms with Crippen molar-refractivity contribution in [1.29, 1.82) is 0 Å². The SMILES string of the molecule is CN1CCC(C2CCN(C(=O)c3nc(Cl)ccc3Cl)C2)CC1. The van der Waals surface area contributed by atoms with Gasteiger partial charge in [0.05, 0.1) is 5.02 Å². The maximum Gasteiger partial charge on any atom is 0.274 e. The summed E-state index contributed by atoms with van der Waals surface area (Å²) in [5.41, 5.74) is 0.276. The molecule has 4 nitrogen and oxygen atoms in total. The third-order valence-electron chi connectivity index (χ3n) is 4.96. The lowest BCUT2D eigenvalue weighted by Crippen LogP contribution is -2.35. The first-order chi connectivity index (χ1) is 10.5. The Hall–Kier alpha value is -0.840. The lowest BCUT2D eigenvalue weighted by Gasteiger charge is -2.32. The van der Waals surface area contributed by atoms with Gasteiger partial charge in [0.1, 0.15) is 10.8 Å². The first kappa shape index (κ1) is 16.0. The largest absolute Gasteiger partial charge is 0.337 e. The van der Waals surface area contributed by atoms with Crippen LogP contribution in [0.3, 0.4) is 0 Å². The predicted octanol–water partition coefficient (Wildman–Crippen LogP) is 3.19. The number of pyridine rings is 1. The van der Waals surface area contributed by atoms with Gasteiger partial charge in [-0.05, 0) is 63.4 Å². The van der Waals surface area contributed by atoms with Crippen molar-refractivity contribution in [2.24, 2.45) is 11.8 Å². The summed E-state index contributed by atoms with van der Waals surface area (Å²) in [5, 5.41) is 0.677. The van der Waals surface area contributed by atoms with Crippen molar-refractivity contribution in [3.8, 4) is 0 Å². The molecule has 0 aliphatic carbocycles. The molecule has 0 radical (unpaired) electrons. The molecule has 3 heterocycles. The second kappa shape index (κ2) is 6.73. The van der Waals surface area contributed by atoms with E-state index >= 15 is 0 Å². The number of amides is 1. The summed E-state index contributed by atoms with van der Waals surface area (Å²) in [6.45, 7) is 3.94. The Balaban J connectivity index is 1.65.